The number of amides is 1. The highest BCUT2D eigenvalue weighted by molar-refractivity contribution is 6.51. The minimum atomic E-state index is -0.993. The van der Waals surface area contributed by atoms with Crippen molar-refractivity contribution in [3.05, 3.63) is 83.4 Å². The van der Waals surface area contributed by atoms with Gasteiger partial charge in [0.1, 0.15) is 34.3 Å². The molecule has 192 valence electrons. The number of ketones is 1. The van der Waals surface area contributed by atoms with Crippen molar-refractivity contribution in [3.63, 3.8) is 0 Å². The van der Waals surface area contributed by atoms with Crippen LogP contribution in [-0.4, -0.2) is 44.7 Å². The molecular weight excluding hydrogens is 474 g/mol. The van der Waals surface area contributed by atoms with Crippen LogP contribution < -0.4 is 23.8 Å². The number of hydrogen-bond acceptors (Lipinski definition) is 7. The van der Waals surface area contributed by atoms with E-state index in [1.807, 2.05) is 6.92 Å². The summed E-state index contributed by atoms with van der Waals surface area (Å²) in [4.78, 5) is 28.5. The second-order valence-electron chi connectivity index (χ2n) is 8.29. The second-order valence-corrected chi connectivity index (χ2v) is 8.29. The molecule has 0 radical (unpaired) electrons. The summed E-state index contributed by atoms with van der Waals surface area (Å²) < 4.78 is 22.3. The van der Waals surface area contributed by atoms with Gasteiger partial charge in [0.2, 0.25) is 0 Å². The van der Waals surface area contributed by atoms with E-state index in [1.54, 1.807) is 66.7 Å². The van der Waals surface area contributed by atoms with E-state index in [9.17, 15) is 14.7 Å². The number of hydrogen-bond donors (Lipinski definition) is 1. The molecule has 0 bridgehead atoms. The van der Waals surface area contributed by atoms with Crippen LogP contribution in [0.4, 0.5) is 5.69 Å². The number of carbonyl (C=O) groups is 2. The molecule has 0 aliphatic carbocycles. The van der Waals surface area contributed by atoms with Crippen LogP contribution in [-0.2, 0) is 9.59 Å². The van der Waals surface area contributed by atoms with Crippen LogP contribution >= 0.6 is 0 Å². The minimum absolute atomic E-state index is 0.114. The van der Waals surface area contributed by atoms with Crippen LogP contribution in [0, 0.1) is 0 Å². The van der Waals surface area contributed by atoms with Gasteiger partial charge in [0, 0.05) is 17.3 Å². The standard InChI is InChI=1S/C29H29NO7/c1-5-16-37-19-11-8-10-18(17-19)30-26(20-12-6-7-13-21(20)34-2)25(28(32)29(30)33)27(31)24-22(35-3)14-9-15-23(24)36-4/h6-15,17,26,31H,5,16H2,1-4H3/b27-25+. The number of nitrogens with zero attached hydrogens (tertiary/aromatic N) is 1. The van der Waals surface area contributed by atoms with Crippen molar-refractivity contribution in [2.75, 3.05) is 32.8 Å². The SMILES string of the molecule is CCCOc1cccc(N2C(=O)C(=O)/C(=C(/O)c3c(OC)cccc3OC)C2c2ccccc2OC)c1. The highest BCUT2D eigenvalue weighted by Crippen LogP contribution is 2.47. The van der Waals surface area contributed by atoms with Gasteiger partial charge in [0.15, 0.2) is 0 Å². The van der Waals surface area contributed by atoms with Gasteiger partial charge in [-0.15, -0.1) is 0 Å². The molecule has 8 nitrogen and oxygen atoms in total. The maximum atomic E-state index is 13.6. The summed E-state index contributed by atoms with van der Waals surface area (Å²) in [5.41, 5.74) is 1.03. The van der Waals surface area contributed by atoms with E-state index in [0.29, 0.717) is 29.4 Å². The van der Waals surface area contributed by atoms with Gasteiger partial charge in [-0.25, -0.2) is 0 Å². The van der Waals surface area contributed by atoms with Crippen molar-refractivity contribution in [2.45, 2.75) is 19.4 Å². The fourth-order valence-electron chi connectivity index (χ4n) is 4.45. The zero-order valence-electron chi connectivity index (χ0n) is 21.2. The van der Waals surface area contributed by atoms with Gasteiger partial charge in [-0.1, -0.05) is 37.3 Å². The summed E-state index contributed by atoms with van der Waals surface area (Å²) in [6.45, 7) is 2.50. The molecule has 0 aromatic heterocycles. The Morgan fingerprint density at radius 1 is 0.865 bits per heavy atom. The zero-order valence-corrected chi connectivity index (χ0v) is 21.2. The summed E-state index contributed by atoms with van der Waals surface area (Å²) in [5.74, 6) is -0.458. The maximum absolute atomic E-state index is 13.6. The first-order valence-electron chi connectivity index (χ1n) is 11.8. The first-order chi connectivity index (χ1) is 18.0. The van der Waals surface area contributed by atoms with Crippen LogP contribution in [0.2, 0.25) is 0 Å². The molecule has 4 rings (SSSR count). The average Bonchev–Trinajstić information content (AvgIpc) is 3.20. The first-order valence-corrected chi connectivity index (χ1v) is 11.8. The Kier molecular flexibility index (Phi) is 7.67. The van der Waals surface area contributed by atoms with E-state index in [-0.39, 0.29) is 22.6 Å². The molecule has 3 aromatic rings. The predicted octanol–water partition coefficient (Wildman–Crippen LogP) is 5.13. The molecule has 1 heterocycles. The summed E-state index contributed by atoms with van der Waals surface area (Å²) >= 11 is 0. The summed E-state index contributed by atoms with van der Waals surface area (Å²) in [5, 5.41) is 11.6. The fraction of sp³-hybridized carbons (Fsp3) is 0.241. The minimum Gasteiger partial charge on any atom is -0.506 e. The number of methoxy groups -OCH3 is 3. The molecule has 0 spiro atoms. The Morgan fingerprint density at radius 3 is 2.14 bits per heavy atom. The predicted molar refractivity (Wildman–Crippen MR) is 140 cm³/mol. The lowest BCUT2D eigenvalue weighted by molar-refractivity contribution is -0.132. The topological polar surface area (TPSA) is 94.5 Å². The quantitative estimate of drug-likeness (QED) is 0.246. The Morgan fingerprint density at radius 2 is 1.49 bits per heavy atom. The van der Waals surface area contributed by atoms with Crippen molar-refractivity contribution in [1.29, 1.82) is 0 Å². The third kappa shape index (κ3) is 4.70. The number of aliphatic hydroxyl groups is 1. The van der Waals surface area contributed by atoms with Crippen molar-refractivity contribution < 1.29 is 33.6 Å². The summed E-state index contributed by atoms with van der Waals surface area (Å²) in [6.07, 6.45) is 0.816. The average molecular weight is 504 g/mol. The van der Waals surface area contributed by atoms with Gasteiger partial charge >= 0.3 is 0 Å². The van der Waals surface area contributed by atoms with Crippen LogP contribution in [0.1, 0.15) is 30.5 Å². The van der Waals surface area contributed by atoms with Crippen molar-refractivity contribution in [2.24, 2.45) is 0 Å². The molecule has 1 amide bonds. The molecule has 1 aliphatic heterocycles. The highest BCUT2D eigenvalue weighted by Gasteiger charge is 2.48. The molecule has 1 N–H and O–H groups in total. The van der Waals surface area contributed by atoms with Gasteiger partial charge in [0.05, 0.1) is 39.6 Å². The normalized spacial score (nSPS) is 16.5. The lowest BCUT2D eigenvalue weighted by Gasteiger charge is -2.27. The van der Waals surface area contributed by atoms with E-state index in [0.717, 1.165) is 6.42 Å². The number of Topliss-reactive ketones (excluding diaryl/α,β-unsaturated/α-hetero) is 1. The molecule has 37 heavy (non-hydrogen) atoms. The first kappa shape index (κ1) is 25.6. The maximum Gasteiger partial charge on any atom is 0.300 e. The molecule has 1 saturated heterocycles. The number of carbonyl (C=O) groups excluding carboxylic acids is 2. The van der Waals surface area contributed by atoms with Gasteiger partial charge in [0.25, 0.3) is 11.7 Å². The van der Waals surface area contributed by atoms with Crippen molar-refractivity contribution >= 4 is 23.1 Å². The monoisotopic (exact) mass is 503 g/mol. The molecule has 1 aliphatic rings. The van der Waals surface area contributed by atoms with E-state index in [1.165, 1.54) is 26.2 Å². The number of ether oxygens (including phenoxy) is 4. The fourth-order valence-corrected chi connectivity index (χ4v) is 4.45. The number of aliphatic hydroxyl groups excluding tert-OH is 1. The number of anilines is 1. The van der Waals surface area contributed by atoms with E-state index >= 15 is 0 Å². The van der Waals surface area contributed by atoms with Gasteiger partial charge in [-0.2, -0.15) is 0 Å². The van der Waals surface area contributed by atoms with Crippen LogP contribution in [0.5, 0.6) is 23.0 Å². The van der Waals surface area contributed by atoms with E-state index < -0.39 is 23.5 Å². The number of para-hydroxylation sites is 1. The Labute approximate surface area is 215 Å². The Balaban J connectivity index is 2.00. The molecule has 1 unspecified atom stereocenters. The molecule has 0 saturated carbocycles. The Hall–Kier alpha value is -4.46. The zero-order chi connectivity index (χ0) is 26.5. The second kappa shape index (κ2) is 11.1. The molecule has 1 fully saturated rings. The van der Waals surface area contributed by atoms with E-state index in [4.69, 9.17) is 18.9 Å². The number of benzene rings is 3. The highest BCUT2D eigenvalue weighted by atomic mass is 16.5. The van der Waals surface area contributed by atoms with Crippen molar-refractivity contribution in [1.82, 2.24) is 0 Å². The van der Waals surface area contributed by atoms with Crippen LogP contribution in [0.3, 0.4) is 0 Å². The lowest BCUT2D eigenvalue weighted by Crippen LogP contribution is -2.29. The number of rotatable bonds is 9. The van der Waals surface area contributed by atoms with Crippen LogP contribution in [0.15, 0.2) is 72.3 Å². The summed E-state index contributed by atoms with van der Waals surface area (Å²) in [7, 11) is 4.40. The van der Waals surface area contributed by atoms with Crippen LogP contribution in [0.25, 0.3) is 5.76 Å². The molecule has 3 aromatic carbocycles. The lowest BCUT2D eigenvalue weighted by atomic mass is 9.94. The molecule has 1 atom stereocenters. The molecule has 8 heteroatoms. The van der Waals surface area contributed by atoms with Gasteiger partial charge in [-0.05, 0) is 36.8 Å². The third-order valence-electron chi connectivity index (χ3n) is 6.11. The van der Waals surface area contributed by atoms with Gasteiger partial charge in [-0.3, -0.25) is 14.5 Å². The third-order valence-corrected chi connectivity index (χ3v) is 6.11. The van der Waals surface area contributed by atoms with E-state index in [2.05, 4.69) is 0 Å². The molecular formula is C29H29NO7. The largest absolute Gasteiger partial charge is 0.506 e. The van der Waals surface area contributed by atoms with Crippen molar-refractivity contribution in [3.8, 4) is 23.0 Å². The van der Waals surface area contributed by atoms with Gasteiger partial charge < -0.3 is 24.1 Å². The smallest absolute Gasteiger partial charge is 0.300 e. The Bertz CT molecular complexity index is 1330. The summed E-state index contributed by atoms with van der Waals surface area (Å²) in [6, 6.07) is 18.0.